The highest BCUT2D eigenvalue weighted by Crippen LogP contribution is 2.39. The van der Waals surface area contributed by atoms with E-state index in [1.807, 2.05) is 60.7 Å². The number of unbranched alkanes of at least 4 members (excludes halogenated alkanes) is 4. The number of aliphatic hydroxyl groups is 3. The molecular weight excluding hydrogens is 692 g/mol. The molecule has 0 radical (unpaired) electrons. The highest BCUT2D eigenvalue weighted by molar-refractivity contribution is 6.02. The van der Waals surface area contributed by atoms with Gasteiger partial charge in [-0.25, -0.2) is 0 Å². The Morgan fingerprint density at radius 3 is 1.87 bits per heavy atom. The zero-order chi connectivity index (χ0) is 38.5. The number of amides is 1. The minimum absolute atomic E-state index is 0.186. The molecule has 288 valence electrons. The molecule has 5 rings (SSSR count). The molecule has 1 heterocycles. The van der Waals surface area contributed by atoms with Gasteiger partial charge in [-0.15, -0.1) is 0 Å². The molecule has 1 amide bonds. The van der Waals surface area contributed by atoms with Gasteiger partial charge in [-0.1, -0.05) is 37.5 Å². The summed E-state index contributed by atoms with van der Waals surface area (Å²) < 4.78 is 34.1. The van der Waals surface area contributed by atoms with Crippen molar-refractivity contribution in [2.75, 3.05) is 47.0 Å². The molecule has 0 bridgehead atoms. The number of rotatable bonds is 20. The van der Waals surface area contributed by atoms with Gasteiger partial charge in [0.05, 0.1) is 67.0 Å². The summed E-state index contributed by atoms with van der Waals surface area (Å²) in [6.07, 6.45) is 8.04. The van der Waals surface area contributed by atoms with Crippen LogP contribution in [0, 0.1) is 0 Å². The van der Waals surface area contributed by atoms with Crippen LogP contribution in [0.3, 0.4) is 0 Å². The lowest BCUT2D eigenvalue weighted by molar-refractivity contribution is 0.0935. The van der Waals surface area contributed by atoms with Crippen molar-refractivity contribution < 1.29 is 48.5 Å². The molecule has 12 heteroatoms. The largest absolute Gasteiger partial charge is 0.497 e. The van der Waals surface area contributed by atoms with E-state index in [0.29, 0.717) is 75.7 Å². The van der Waals surface area contributed by atoms with Gasteiger partial charge in [-0.3, -0.25) is 4.79 Å². The molecule has 0 fully saturated rings. The van der Waals surface area contributed by atoms with E-state index >= 15 is 0 Å². The number of anilines is 1. The molecule has 0 saturated carbocycles. The third-order valence-electron chi connectivity index (χ3n) is 9.25. The highest BCUT2D eigenvalue weighted by Gasteiger charge is 2.26. The number of carbonyl (C=O) groups excluding carboxylic acids is 1. The summed E-state index contributed by atoms with van der Waals surface area (Å²) in [5.74, 6) is 3.19. The van der Waals surface area contributed by atoms with Gasteiger partial charge >= 0.3 is 0 Å². The van der Waals surface area contributed by atoms with Crippen molar-refractivity contribution in [1.29, 1.82) is 0 Å². The molecule has 4 aromatic rings. The van der Waals surface area contributed by atoms with E-state index in [0.717, 1.165) is 48.8 Å². The van der Waals surface area contributed by atoms with E-state index in [1.165, 1.54) is 7.11 Å². The van der Waals surface area contributed by atoms with Crippen molar-refractivity contribution in [3.05, 3.63) is 99.6 Å². The fourth-order valence-corrected chi connectivity index (χ4v) is 6.32. The van der Waals surface area contributed by atoms with Crippen LogP contribution in [0.25, 0.3) is 12.2 Å². The van der Waals surface area contributed by atoms with Gasteiger partial charge in [-0.05, 0) is 89.7 Å². The Morgan fingerprint density at radius 1 is 0.611 bits per heavy atom. The first-order chi connectivity index (χ1) is 26.3. The number of ether oxygens (including phenoxy) is 6. The molecule has 0 saturated heterocycles. The molecule has 0 aliphatic carbocycles. The van der Waals surface area contributed by atoms with Crippen LogP contribution in [0.2, 0.25) is 0 Å². The second-order valence-corrected chi connectivity index (χ2v) is 12.7. The van der Waals surface area contributed by atoms with Gasteiger partial charge in [-0.2, -0.15) is 0 Å². The normalized spacial score (nSPS) is 13.5. The Labute approximate surface area is 316 Å². The Kier molecular flexibility index (Phi) is 14.4. The number of hydrogen-bond acceptors (Lipinski definition) is 11. The van der Waals surface area contributed by atoms with Crippen LogP contribution in [-0.2, 0) is 19.8 Å². The van der Waals surface area contributed by atoms with Gasteiger partial charge < -0.3 is 54.4 Å². The van der Waals surface area contributed by atoms with Gasteiger partial charge in [0.25, 0.3) is 5.91 Å². The summed E-state index contributed by atoms with van der Waals surface area (Å²) in [5.41, 5.74) is 5.50. The van der Waals surface area contributed by atoms with Crippen LogP contribution in [0.15, 0.2) is 60.7 Å². The lowest BCUT2D eigenvalue weighted by atomic mass is 10.0. The fourth-order valence-electron chi connectivity index (χ4n) is 6.32. The average Bonchev–Trinajstić information content (AvgIpc) is 3.21. The Morgan fingerprint density at radius 2 is 1.24 bits per heavy atom. The number of aliphatic hydroxyl groups excluding tert-OH is 3. The Bertz CT molecular complexity index is 1860. The van der Waals surface area contributed by atoms with E-state index in [-0.39, 0.29) is 25.7 Å². The maximum atomic E-state index is 12.8. The fraction of sp³-hybridized carbons (Fsp3) is 0.357. The predicted octanol–water partition coefficient (Wildman–Crippen LogP) is 6.63. The third-order valence-corrected chi connectivity index (χ3v) is 9.25. The summed E-state index contributed by atoms with van der Waals surface area (Å²) in [6.45, 7) is 0.399. The van der Waals surface area contributed by atoms with Crippen molar-refractivity contribution in [3.8, 4) is 34.5 Å². The number of benzene rings is 4. The van der Waals surface area contributed by atoms with Gasteiger partial charge in [0.1, 0.15) is 23.4 Å². The molecule has 1 aliphatic heterocycles. The first-order valence-electron chi connectivity index (χ1n) is 18.0. The maximum absolute atomic E-state index is 12.8. The first kappa shape index (κ1) is 39.8. The average molecular weight is 743 g/mol. The number of methoxy groups -OCH3 is 4. The monoisotopic (exact) mass is 742 g/mol. The zero-order valence-corrected chi connectivity index (χ0v) is 31.3. The summed E-state index contributed by atoms with van der Waals surface area (Å²) in [7, 11) is 6.27. The first-order valence-corrected chi connectivity index (χ1v) is 18.0. The molecule has 12 nitrogen and oxygen atoms in total. The Balaban J connectivity index is 1.06. The van der Waals surface area contributed by atoms with Crippen molar-refractivity contribution in [1.82, 2.24) is 5.32 Å². The maximum Gasteiger partial charge on any atom is 0.255 e. The summed E-state index contributed by atoms with van der Waals surface area (Å²) in [5, 5.41) is 35.8. The predicted molar refractivity (Wildman–Crippen MR) is 207 cm³/mol. The zero-order valence-electron chi connectivity index (χ0n) is 31.3. The van der Waals surface area contributed by atoms with Crippen LogP contribution >= 0.6 is 0 Å². The topological polar surface area (TPSA) is 157 Å². The van der Waals surface area contributed by atoms with Crippen molar-refractivity contribution >= 4 is 23.7 Å². The van der Waals surface area contributed by atoms with Gasteiger partial charge in [0, 0.05) is 16.8 Å². The smallest absolute Gasteiger partial charge is 0.255 e. The van der Waals surface area contributed by atoms with Crippen LogP contribution in [-0.4, -0.2) is 62.9 Å². The van der Waals surface area contributed by atoms with Crippen molar-refractivity contribution in [2.45, 2.75) is 58.1 Å². The van der Waals surface area contributed by atoms with E-state index in [9.17, 15) is 20.1 Å². The van der Waals surface area contributed by atoms with E-state index in [1.54, 1.807) is 33.5 Å². The lowest BCUT2D eigenvalue weighted by Crippen LogP contribution is -2.38. The van der Waals surface area contributed by atoms with E-state index < -0.39 is 6.17 Å². The molecule has 1 unspecified atom stereocenters. The molecule has 1 atom stereocenters. The summed E-state index contributed by atoms with van der Waals surface area (Å²) >= 11 is 0. The molecule has 54 heavy (non-hydrogen) atoms. The van der Waals surface area contributed by atoms with E-state index in [4.69, 9.17) is 28.4 Å². The summed E-state index contributed by atoms with van der Waals surface area (Å²) in [6, 6.07) is 18.3. The van der Waals surface area contributed by atoms with Crippen molar-refractivity contribution in [2.24, 2.45) is 0 Å². The third kappa shape index (κ3) is 9.75. The van der Waals surface area contributed by atoms with Crippen LogP contribution in [0.5, 0.6) is 34.5 Å². The standard InChI is InChI=1S/C42H50N2O10/c1-49-32-13-14-35-33(23-32)42(48)44-41(43-35)29-12-15-36(31(22-29)25-46)53-16-8-6-5-7-9-17-54-40-38(51-3)20-28(21-39(40)52-4)11-10-27-18-30(24-45)34(26-47)37(19-27)50-2/h10-15,18-23,41,43,45-47H,5-9,16-17,24-26H2,1-4H3,(H,44,48)/b11-10-. The second-order valence-electron chi connectivity index (χ2n) is 12.7. The van der Waals surface area contributed by atoms with Crippen LogP contribution in [0.4, 0.5) is 5.69 Å². The molecule has 5 N–H and O–H groups in total. The van der Waals surface area contributed by atoms with Gasteiger partial charge in [0.15, 0.2) is 11.5 Å². The van der Waals surface area contributed by atoms with Crippen molar-refractivity contribution in [3.63, 3.8) is 0 Å². The number of hydrogen-bond donors (Lipinski definition) is 5. The number of nitrogens with one attached hydrogen (secondary N) is 2. The number of carbonyl (C=O) groups is 1. The summed E-state index contributed by atoms with van der Waals surface area (Å²) in [4.78, 5) is 12.8. The SMILES string of the molecule is COc1ccc2c(c1)C(=O)NC(c1ccc(OCCCCCCCOc3c(OC)cc(/C=C\c4cc(CO)c(CO)c(OC)c4)cc3OC)c(CO)c1)N2. The van der Waals surface area contributed by atoms with Gasteiger partial charge in [0.2, 0.25) is 5.75 Å². The molecular formula is C42H50N2O10. The minimum Gasteiger partial charge on any atom is -0.497 e. The van der Waals surface area contributed by atoms with Crippen LogP contribution in [0.1, 0.15) is 82.0 Å². The molecule has 4 aromatic carbocycles. The molecule has 0 spiro atoms. The molecule has 0 aromatic heterocycles. The second kappa shape index (κ2) is 19.6. The lowest BCUT2D eigenvalue weighted by Gasteiger charge is -2.29. The molecule has 1 aliphatic rings. The minimum atomic E-state index is -0.444. The van der Waals surface area contributed by atoms with E-state index in [2.05, 4.69) is 10.6 Å². The highest BCUT2D eigenvalue weighted by atomic mass is 16.5. The van der Waals surface area contributed by atoms with Crippen LogP contribution < -0.4 is 39.1 Å². The number of fused-ring (bicyclic) bond motifs is 1. The quantitative estimate of drug-likeness (QED) is 0.0489. The Hall–Kier alpha value is -5.43.